The molecule has 1 aromatic carbocycles. The first kappa shape index (κ1) is 26.2. The van der Waals surface area contributed by atoms with Gasteiger partial charge in [0.15, 0.2) is 9.84 Å². The second kappa shape index (κ2) is 11.0. The zero-order valence-electron chi connectivity index (χ0n) is 20.6. The highest BCUT2D eigenvalue weighted by atomic mass is 35.5. The molecule has 2 aliphatic heterocycles. The molecule has 2 heterocycles. The average molecular weight is 522 g/mol. The van der Waals surface area contributed by atoms with Crippen molar-refractivity contribution < 1.29 is 18.0 Å². The van der Waals surface area contributed by atoms with Crippen LogP contribution in [0.4, 0.5) is 5.69 Å². The van der Waals surface area contributed by atoms with Gasteiger partial charge >= 0.3 is 0 Å². The Hall–Kier alpha value is -1.90. The van der Waals surface area contributed by atoms with Crippen LogP contribution in [-0.4, -0.2) is 73.8 Å². The SMILES string of the molecule is Cc1c(CCN2CCN(C(=O)C3C=CCC3)[C@@H](C)C2)cc(Cl)cc1NC(=O)CC1CCS(=O)(=O)C1. The first-order valence-electron chi connectivity index (χ1n) is 12.6. The van der Waals surface area contributed by atoms with E-state index in [1.165, 1.54) is 0 Å². The lowest BCUT2D eigenvalue weighted by molar-refractivity contribution is -0.138. The van der Waals surface area contributed by atoms with Crippen molar-refractivity contribution in [2.75, 3.05) is 43.0 Å². The number of hydrogen-bond donors (Lipinski definition) is 1. The van der Waals surface area contributed by atoms with E-state index >= 15 is 0 Å². The van der Waals surface area contributed by atoms with Crippen molar-refractivity contribution in [1.82, 2.24) is 9.80 Å². The molecule has 1 aromatic rings. The second-order valence-corrected chi connectivity index (χ2v) is 13.0. The first-order valence-corrected chi connectivity index (χ1v) is 14.8. The number of amides is 2. The van der Waals surface area contributed by atoms with E-state index in [9.17, 15) is 18.0 Å². The van der Waals surface area contributed by atoms with Gasteiger partial charge in [0, 0.05) is 49.4 Å². The fraction of sp³-hybridized carbons (Fsp3) is 0.615. The summed E-state index contributed by atoms with van der Waals surface area (Å²) in [5, 5.41) is 3.52. The van der Waals surface area contributed by atoms with Crippen LogP contribution in [0.5, 0.6) is 0 Å². The first-order chi connectivity index (χ1) is 16.6. The molecule has 3 aliphatic rings. The van der Waals surface area contributed by atoms with E-state index < -0.39 is 9.84 Å². The summed E-state index contributed by atoms with van der Waals surface area (Å²) in [6.45, 7) is 7.39. The fourth-order valence-corrected chi connectivity index (χ4v) is 7.62. The van der Waals surface area contributed by atoms with E-state index in [-0.39, 0.29) is 47.6 Å². The third kappa shape index (κ3) is 6.66. The van der Waals surface area contributed by atoms with Gasteiger partial charge in [0.25, 0.3) is 0 Å². The summed E-state index contributed by atoms with van der Waals surface area (Å²) in [5.41, 5.74) is 2.75. The molecule has 0 aromatic heterocycles. The van der Waals surface area contributed by atoms with E-state index in [1.54, 1.807) is 6.07 Å². The summed E-state index contributed by atoms with van der Waals surface area (Å²) < 4.78 is 23.4. The third-order valence-electron chi connectivity index (χ3n) is 7.58. The molecule has 0 saturated carbocycles. The number of sulfone groups is 1. The largest absolute Gasteiger partial charge is 0.337 e. The number of anilines is 1. The van der Waals surface area contributed by atoms with Crippen LogP contribution < -0.4 is 5.32 Å². The molecule has 2 unspecified atom stereocenters. The number of halogens is 1. The molecule has 35 heavy (non-hydrogen) atoms. The van der Waals surface area contributed by atoms with Crippen molar-refractivity contribution in [1.29, 1.82) is 0 Å². The number of nitrogens with zero attached hydrogens (tertiary/aromatic N) is 2. The highest BCUT2D eigenvalue weighted by molar-refractivity contribution is 7.91. The van der Waals surface area contributed by atoms with Gasteiger partial charge < -0.3 is 10.2 Å². The van der Waals surface area contributed by atoms with Gasteiger partial charge in [-0.05, 0) is 68.7 Å². The fourth-order valence-electron chi connectivity index (χ4n) is 5.51. The number of carbonyl (C=O) groups is 2. The molecule has 0 bridgehead atoms. The molecule has 1 N–H and O–H groups in total. The van der Waals surface area contributed by atoms with E-state index in [0.29, 0.717) is 17.1 Å². The van der Waals surface area contributed by atoms with E-state index in [1.807, 2.05) is 17.9 Å². The molecule has 2 amide bonds. The Bertz CT molecular complexity index is 1100. The van der Waals surface area contributed by atoms with E-state index in [2.05, 4.69) is 29.3 Å². The van der Waals surface area contributed by atoms with Gasteiger partial charge in [0.05, 0.1) is 17.4 Å². The smallest absolute Gasteiger partial charge is 0.229 e. The maximum Gasteiger partial charge on any atom is 0.229 e. The van der Waals surface area contributed by atoms with Gasteiger partial charge in [-0.1, -0.05) is 23.8 Å². The summed E-state index contributed by atoms with van der Waals surface area (Å²) in [6, 6.07) is 3.89. The van der Waals surface area contributed by atoms with E-state index in [4.69, 9.17) is 11.6 Å². The minimum atomic E-state index is -3.00. The Labute approximate surface area is 213 Å². The van der Waals surface area contributed by atoms with Crippen LogP contribution >= 0.6 is 11.6 Å². The minimum absolute atomic E-state index is 0.0461. The number of carbonyl (C=O) groups excluding carboxylic acids is 2. The predicted octanol–water partition coefficient (Wildman–Crippen LogP) is 3.45. The summed E-state index contributed by atoms with van der Waals surface area (Å²) in [7, 11) is -3.00. The zero-order valence-corrected chi connectivity index (χ0v) is 22.2. The van der Waals surface area contributed by atoms with Gasteiger partial charge in [-0.25, -0.2) is 8.42 Å². The highest BCUT2D eigenvalue weighted by Crippen LogP contribution is 2.28. The molecular formula is C26H36ClN3O4S. The summed E-state index contributed by atoms with van der Waals surface area (Å²) in [4.78, 5) is 29.8. The molecule has 7 nitrogen and oxygen atoms in total. The molecule has 3 atom stereocenters. The highest BCUT2D eigenvalue weighted by Gasteiger charge is 2.32. The zero-order chi connectivity index (χ0) is 25.2. The molecule has 2 saturated heterocycles. The minimum Gasteiger partial charge on any atom is -0.337 e. The van der Waals surface area contributed by atoms with Crippen LogP contribution in [0.25, 0.3) is 0 Å². The molecule has 4 rings (SSSR count). The quantitative estimate of drug-likeness (QED) is 0.555. The van der Waals surface area contributed by atoms with Crippen LogP contribution in [0.15, 0.2) is 24.3 Å². The maximum atomic E-state index is 12.8. The van der Waals surface area contributed by atoms with Gasteiger partial charge in [-0.3, -0.25) is 14.5 Å². The Balaban J connectivity index is 1.31. The molecular weight excluding hydrogens is 486 g/mol. The number of rotatable bonds is 7. The van der Waals surface area contributed by atoms with Gasteiger partial charge in [-0.2, -0.15) is 0 Å². The monoisotopic (exact) mass is 521 g/mol. The Morgan fingerprint density at radius 3 is 2.66 bits per heavy atom. The number of allylic oxidation sites excluding steroid dienone is 1. The third-order valence-corrected chi connectivity index (χ3v) is 9.63. The lowest BCUT2D eigenvalue weighted by Gasteiger charge is -2.41. The summed E-state index contributed by atoms with van der Waals surface area (Å²) in [6.07, 6.45) is 7.62. The lowest BCUT2D eigenvalue weighted by Crippen LogP contribution is -2.55. The summed E-state index contributed by atoms with van der Waals surface area (Å²) in [5.74, 6) is 0.280. The number of nitrogens with one attached hydrogen (secondary N) is 1. The molecule has 1 aliphatic carbocycles. The van der Waals surface area contributed by atoms with Crippen molar-refractivity contribution in [2.45, 2.75) is 52.0 Å². The van der Waals surface area contributed by atoms with Crippen molar-refractivity contribution in [3.05, 3.63) is 40.4 Å². The molecule has 192 valence electrons. The number of piperazine rings is 1. The van der Waals surface area contributed by atoms with Crippen molar-refractivity contribution in [3.63, 3.8) is 0 Å². The normalized spacial score (nSPS) is 26.3. The van der Waals surface area contributed by atoms with Gasteiger partial charge in [0.2, 0.25) is 11.8 Å². The van der Waals surface area contributed by atoms with Crippen LogP contribution in [0.1, 0.15) is 43.7 Å². The van der Waals surface area contributed by atoms with Crippen LogP contribution in [0.2, 0.25) is 5.02 Å². The molecule has 0 radical (unpaired) electrons. The molecule has 0 spiro atoms. The van der Waals surface area contributed by atoms with Gasteiger partial charge in [0.1, 0.15) is 0 Å². The lowest BCUT2D eigenvalue weighted by atomic mass is 10.0. The predicted molar refractivity (Wildman–Crippen MR) is 139 cm³/mol. The maximum absolute atomic E-state index is 12.8. The van der Waals surface area contributed by atoms with Gasteiger partial charge in [-0.15, -0.1) is 0 Å². The van der Waals surface area contributed by atoms with Crippen molar-refractivity contribution in [3.8, 4) is 0 Å². The van der Waals surface area contributed by atoms with Crippen LogP contribution in [-0.2, 0) is 25.8 Å². The number of hydrogen-bond acceptors (Lipinski definition) is 5. The molecule has 9 heteroatoms. The summed E-state index contributed by atoms with van der Waals surface area (Å²) >= 11 is 6.38. The van der Waals surface area contributed by atoms with Crippen LogP contribution in [0.3, 0.4) is 0 Å². The van der Waals surface area contributed by atoms with Crippen molar-refractivity contribution in [2.24, 2.45) is 11.8 Å². The Kier molecular flexibility index (Phi) is 8.23. The number of benzene rings is 1. The Morgan fingerprint density at radius 2 is 2.00 bits per heavy atom. The molecule has 2 fully saturated rings. The van der Waals surface area contributed by atoms with E-state index in [0.717, 1.165) is 56.6 Å². The van der Waals surface area contributed by atoms with Crippen LogP contribution in [0, 0.1) is 18.8 Å². The average Bonchev–Trinajstić information content (AvgIpc) is 3.44. The standard InChI is InChI=1S/C26H36ClN3O4S/c1-18-16-29(10-11-30(18)26(32)21-5-3-4-6-21)9-7-22-14-23(27)15-24(19(22)2)28-25(31)13-20-8-12-35(33,34)17-20/h3,5,14-15,18,20-21H,4,6-13,16-17H2,1-2H3,(H,28,31)/t18-,20?,21?/m0/s1. The second-order valence-electron chi connectivity index (χ2n) is 10.3. The van der Waals surface area contributed by atoms with Crippen molar-refractivity contribution >= 4 is 38.9 Å². The Morgan fingerprint density at radius 1 is 1.20 bits per heavy atom. The topological polar surface area (TPSA) is 86.8 Å².